The van der Waals surface area contributed by atoms with Gasteiger partial charge in [-0.2, -0.15) is 26.3 Å². The lowest BCUT2D eigenvalue weighted by Crippen LogP contribution is -2.20. The van der Waals surface area contributed by atoms with Crippen molar-refractivity contribution in [1.82, 2.24) is 14.8 Å². The molecule has 3 aromatic rings. The summed E-state index contributed by atoms with van der Waals surface area (Å²) in [4.78, 5) is 12.1. The second-order valence-electron chi connectivity index (χ2n) is 6.42. The SMILES string of the molecule is Cn1cnnc1-c1cccc(NC(=O)COc2cc(C(F)(F)F)cc(C(F)(F)F)c2)c1. The molecule has 0 bridgehead atoms. The molecule has 1 N–H and O–H groups in total. The van der Waals surface area contributed by atoms with Crippen molar-refractivity contribution in [3.8, 4) is 17.1 Å². The number of rotatable bonds is 5. The van der Waals surface area contributed by atoms with E-state index in [1.807, 2.05) is 0 Å². The Balaban J connectivity index is 1.72. The number of carbonyl (C=O) groups is 1. The van der Waals surface area contributed by atoms with E-state index in [0.29, 0.717) is 29.2 Å². The van der Waals surface area contributed by atoms with Crippen LogP contribution in [0.3, 0.4) is 0 Å². The average molecular weight is 444 g/mol. The number of carbonyl (C=O) groups excluding carboxylic acids is 1. The largest absolute Gasteiger partial charge is 0.484 e. The summed E-state index contributed by atoms with van der Waals surface area (Å²) in [5.41, 5.74) is -2.11. The Hall–Kier alpha value is -3.57. The van der Waals surface area contributed by atoms with Crippen LogP contribution in [0.15, 0.2) is 48.8 Å². The highest BCUT2D eigenvalue weighted by atomic mass is 19.4. The molecule has 0 radical (unpaired) electrons. The molecule has 0 unspecified atom stereocenters. The summed E-state index contributed by atoms with van der Waals surface area (Å²) in [6.45, 7) is -0.799. The highest BCUT2D eigenvalue weighted by molar-refractivity contribution is 5.92. The Kier molecular flexibility index (Phi) is 5.91. The van der Waals surface area contributed by atoms with E-state index in [1.165, 1.54) is 6.33 Å². The third-order valence-corrected chi connectivity index (χ3v) is 4.05. The van der Waals surface area contributed by atoms with E-state index in [9.17, 15) is 31.1 Å². The fourth-order valence-electron chi connectivity index (χ4n) is 2.64. The molecular weight excluding hydrogens is 430 g/mol. The number of benzene rings is 2. The van der Waals surface area contributed by atoms with Crippen molar-refractivity contribution in [2.24, 2.45) is 7.05 Å². The minimum Gasteiger partial charge on any atom is -0.484 e. The quantitative estimate of drug-likeness (QED) is 0.587. The average Bonchev–Trinajstić information content (AvgIpc) is 3.11. The summed E-state index contributed by atoms with van der Waals surface area (Å²) in [6, 6.07) is 7.25. The number of nitrogens with one attached hydrogen (secondary N) is 1. The van der Waals surface area contributed by atoms with Crippen molar-refractivity contribution in [1.29, 1.82) is 0 Å². The van der Waals surface area contributed by atoms with E-state index in [0.717, 1.165) is 0 Å². The molecule has 0 saturated heterocycles. The zero-order valence-corrected chi connectivity index (χ0v) is 15.8. The molecule has 12 heteroatoms. The van der Waals surface area contributed by atoms with Gasteiger partial charge in [-0.25, -0.2) is 0 Å². The highest BCUT2D eigenvalue weighted by Gasteiger charge is 2.37. The molecule has 0 fully saturated rings. The van der Waals surface area contributed by atoms with Crippen molar-refractivity contribution in [3.05, 3.63) is 59.9 Å². The van der Waals surface area contributed by atoms with Gasteiger partial charge in [0, 0.05) is 18.3 Å². The fourth-order valence-corrected chi connectivity index (χ4v) is 2.64. The van der Waals surface area contributed by atoms with Crippen LogP contribution in [0, 0.1) is 0 Å². The van der Waals surface area contributed by atoms with Gasteiger partial charge in [0.1, 0.15) is 12.1 Å². The number of hydrogen-bond acceptors (Lipinski definition) is 4. The van der Waals surface area contributed by atoms with Gasteiger partial charge in [0.05, 0.1) is 11.1 Å². The lowest BCUT2D eigenvalue weighted by atomic mass is 10.1. The topological polar surface area (TPSA) is 69.0 Å². The van der Waals surface area contributed by atoms with Crippen molar-refractivity contribution in [2.75, 3.05) is 11.9 Å². The van der Waals surface area contributed by atoms with Crippen molar-refractivity contribution >= 4 is 11.6 Å². The standard InChI is InChI=1S/C19H14F6N4O2/c1-29-10-26-28-17(29)11-3-2-4-14(5-11)27-16(30)9-31-15-7-12(18(20,21)22)6-13(8-15)19(23,24)25/h2-8,10H,9H2,1H3,(H,27,30). The molecule has 0 spiro atoms. The van der Waals surface area contributed by atoms with Crippen LogP contribution in [-0.2, 0) is 24.2 Å². The molecule has 0 saturated carbocycles. The van der Waals surface area contributed by atoms with Crippen LogP contribution < -0.4 is 10.1 Å². The number of hydrogen-bond donors (Lipinski definition) is 1. The van der Waals surface area contributed by atoms with Gasteiger partial charge in [-0.3, -0.25) is 4.79 Å². The van der Waals surface area contributed by atoms with Gasteiger partial charge in [0.25, 0.3) is 5.91 Å². The van der Waals surface area contributed by atoms with E-state index in [4.69, 9.17) is 4.74 Å². The Morgan fingerprint density at radius 3 is 2.23 bits per heavy atom. The first-order valence-corrected chi connectivity index (χ1v) is 8.60. The smallest absolute Gasteiger partial charge is 0.416 e. The van der Waals surface area contributed by atoms with E-state index in [1.54, 1.807) is 35.9 Å². The second kappa shape index (κ2) is 8.28. The molecule has 6 nitrogen and oxygen atoms in total. The molecule has 0 aliphatic rings. The first kappa shape index (κ1) is 22.1. The summed E-state index contributed by atoms with van der Waals surface area (Å²) in [6.07, 6.45) is -8.54. The first-order chi connectivity index (χ1) is 14.4. The van der Waals surface area contributed by atoms with Gasteiger partial charge in [-0.1, -0.05) is 12.1 Å². The van der Waals surface area contributed by atoms with Gasteiger partial charge in [0.15, 0.2) is 12.4 Å². The third kappa shape index (κ3) is 5.53. The van der Waals surface area contributed by atoms with Crippen LogP contribution in [0.5, 0.6) is 5.75 Å². The minimum absolute atomic E-state index is 0.0229. The fraction of sp³-hybridized carbons (Fsp3) is 0.211. The Bertz CT molecular complexity index is 1060. The van der Waals surface area contributed by atoms with Crippen molar-refractivity contribution in [2.45, 2.75) is 12.4 Å². The highest BCUT2D eigenvalue weighted by Crippen LogP contribution is 2.38. The van der Waals surface area contributed by atoms with Crippen LogP contribution in [0.4, 0.5) is 32.0 Å². The summed E-state index contributed by atoms with van der Waals surface area (Å²) >= 11 is 0. The van der Waals surface area contributed by atoms with Crippen molar-refractivity contribution in [3.63, 3.8) is 0 Å². The zero-order valence-electron chi connectivity index (χ0n) is 15.8. The molecule has 0 atom stereocenters. The van der Waals surface area contributed by atoms with Gasteiger partial charge >= 0.3 is 12.4 Å². The van der Waals surface area contributed by atoms with Crippen molar-refractivity contribution < 1.29 is 35.9 Å². The zero-order chi connectivity index (χ0) is 22.8. The molecule has 1 heterocycles. The van der Waals surface area contributed by atoms with E-state index in [-0.39, 0.29) is 6.07 Å². The summed E-state index contributed by atoms with van der Waals surface area (Å²) in [5.74, 6) is -0.984. The maximum Gasteiger partial charge on any atom is 0.416 e. The molecule has 1 aromatic heterocycles. The molecule has 0 aliphatic heterocycles. The lowest BCUT2D eigenvalue weighted by Gasteiger charge is -2.15. The molecule has 3 rings (SSSR count). The van der Waals surface area contributed by atoms with Gasteiger partial charge < -0.3 is 14.6 Å². The molecule has 2 aromatic carbocycles. The molecule has 1 amide bonds. The number of alkyl halides is 6. The van der Waals surface area contributed by atoms with Crippen LogP contribution in [-0.4, -0.2) is 27.3 Å². The number of anilines is 1. The van der Waals surface area contributed by atoms with Crippen LogP contribution in [0.2, 0.25) is 0 Å². The lowest BCUT2D eigenvalue weighted by molar-refractivity contribution is -0.143. The predicted molar refractivity (Wildman–Crippen MR) is 97.0 cm³/mol. The third-order valence-electron chi connectivity index (χ3n) is 4.05. The monoisotopic (exact) mass is 444 g/mol. The van der Waals surface area contributed by atoms with E-state index >= 15 is 0 Å². The summed E-state index contributed by atoms with van der Waals surface area (Å²) in [7, 11) is 1.72. The number of aromatic nitrogens is 3. The molecular formula is C19H14F6N4O2. The maximum absolute atomic E-state index is 12.9. The molecule has 164 valence electrons. The Morgan fingerprint density at radius 2 is 1.68 bits per heavy atom. The maximum atomic E-state index is 12.9. The molecule has 31 heavy (non-hydrogen) atoms. The normalized spacial score (nSPS) is 12.0. The second-order valence-corrected chi connectivity index (χ2v) is 6.42. The number of nitrogens with zero attached hydrogens (tertiary/aromatic N) is 3. The van der Waals surface area contributed by atoms with Crippen LogP contribution in [0.25, 0.3) is 11.4 Å². The van der Waals surface area contributed by atoms with Gasteiger partial charge in [-0.15, -0.1) is 10.2 Å². The van der Waals surface area contributed by atoms with Crippen LogP contribution in [0.1, 0.15) is 11.1 Å². The number of halogens is 6. The number of aryl methyl sites for hydroxylation is 1. The Morgan fingerprint density at radius 1 is 1.03 bits per heavy atom. The predicted octanol–water partition coefficient (Wildman–Crippen LogP) is 4.54. The first-order valence-electron chi connectivity index (χ1n) is 8.60. The Labute approximate surface area is 171 Å². The number of ether oxygens (including phenoxy) is 1. The summed E-state index contributed by atoms with van der Waals surface area (Å²) in [5, 5.41) is 10.1. The van der Waals surface area contributed by atoms with E-state index < -0.39 is 41.7 Å². The minimum atomic E-state index is -5.01. The van der Waals surface area contributed by atoms with Crippen LogP contribution >= 0.6 is 0 Å². The van der Waals surface area contributed by atoms with Gasteiger partial charge in [0.2, 0.25) is 0 Å². The summed E-state index contributed by atoms with van der Waals surface area (Å²) < 4.78 is 83.9. The number of amides is 1. The van der Waals surface area contributed by atoms with E-state index in [2.05, 4.69) is 15.5 Å². The van der Waals surface area contributed by atoms with Gasteiger partial charge in [-0.05, 0) is 30.3 Å². The molecule has 0 aliphatic carbocycles.